The molecule has 0 bridgehead atoms. The molecule has 1 amide bonds. The van der Waals surface area contributed by atoms with Gasteiger partial charge in [0.25, 0.3) is 11.5 Å². The number of rotatable bonds is 6. The molecule has 3 aromatic heterocycles. The summed E-state index contributed by atoms with van der Waals surface area (Å²) in [5, 5.41) is 9.05. The fourth-order valence-corrected chi connectivity index (χ4v) is 6.43. The van der Waals surface area contributed by atoms with E-state index in [9.17, 15) is 9.59 Å². The van der Waals surface area contributed by atoms with Gasteiger partial charge in [0.2, 0.25) is 11.9 Å². The molecule has 2 N–H and O–H groups in total. The number of hydrogen-bond acceptors (Lipinski definition) is 9. The van der Waals surface area contributed by atoms with Crippen molar-refractivity contribution in [1.82, 2.24) is 35.0 Å². The number of morpholine rings is 1. The number of aromatic amines is 2. The minimum absolute atomic E-state index is 0.00586. The molecule has 6 aromatic rings. The highest BCUT2D eigenvalue weighted by molar-refractivity contribution is 5.95. The van der Waals surface area contributed by atoms with Crippen LogP contribution in [-0.4, -0.2) is 93.4 Å². The van der Waals surface area contributed by atoms with Gasteiger partial charge in [0.1, 0.15) is 5.82 Å². The van der Waals surface area contributed by atoms with Gasteiger partial charge in [-0.3, -0.25) is 9.59 Å². The van der Waals surface area contributed by atoms with E-state index in [1.165, 1.54) is 6.07 Å². The van der Waals surface area contributed by atoms with Gasteiger partial charge in [0.05, 0.1) is 29.9 Å². The van der Waals surface area contributed by atoms with Gasteiger partial charge in [-0.1, -0.05) is 36.4 Å². The van der Waals surface area contributed by atoms with Crippen molar-refractivity contribution in [2.45, 2.75) is 6.42 Å². The molecule has 0 unspecified atom stereocenters. The first kappa shape index (κ1) is 29.7. The average molecular weight is 646 g/mol. The Bertz CT molecular complexity index is 2200. The number of carbonyl (C=O) groups is 1. The van der Waals surface area contributed by atoms with E-state index >= 15 is 4.39 Å². The van der Waals surface area contributed by atoms with Crippen molar-refractivity contribution in [2.24, 2.45) is 0 Å². The molecule has 0 radical (unpaired) electrons. The van der Waals surface area contributed by atoms with Gasteiger partial charge in [0, 0.05) is 73.7 Å². The minimum Gasteiger partial charge on any atom is -0.378 e. The normalized spacial score (nSPS) is 15.4. The molecule has 2 saturated heterocycles. The zero-order chi connectivity index (χ0) is 32.6. The molecule has 2 aliphatic heterocycles. The molecule has 0 atom stereocenters. The van der Waals surface area contributed by atoms with E-state index in [2.05, 4.69) is 25.0 Å². The molecule has 13 heteroatoms. The first-order valence-corrected chi connectivity index (χ1v) is 16.0. The largest absolute Gasteiger partial charge is 0.378 e. The lowest BCUT2D eigenvalue weighted by molar-refractivity contribution is 0.0741. The number of H-pyrrole nitrogens is 2. The highest BCUT2D eigenvalue weighted by atomic mass is 19.1. The first-order chi connectivity index (χ1) is 23.5. The number of aromatic nitrogens is 6. The third-order valence-electron chi connectivity index (χ3n) is 9.00. The van der Waals surface area contributed by atoms with E-state index in [-0.39, 0.29) is 17.0 Å². The lowest BCUT2D eigenvalue weighted by Crippen LogP contribution is -2.49. The molecule has 242 valence electrons. The first-order valence-electron chi connectivity index (χ1n) is 16.0. The summed E-state index contributed by atoms with van der Waals surface area (Å²) < 4.78 is 20.7. The summed E-state index contributed by atoms with van der Waals surface area (Å²) in [5.41, 5.74) is 2.99. The maximum atomic E-state index is 15.1. The van der Waals surface area contributed by atoms with Crippen LogP contribution in [-0.2, 0) is 11.2 Å². The van der Waals surface area contributed by atoms with E-state index in [0.717, 1.165) is 21.9 Å². The number of nitrogens with one attached hydrogen (secondary N) is 2. The summed E-state index contributed by atoms with van der Waals surface area (Å²) in [6, 6.07) is 19.8. The van der Waals surface area contributed by atoms with Crippen LogP contribution in [0.5, 0.6) is 0 Å². The Balaban J connectivity index is 1.03. The number of benzene rings is 3. The Morgan fingerprint density at radius 1 is 0.812 bits per heavy atom. The van der Waals surface area contributed by atoms with E-state index in [1.54, 1.807) is 29.2 Å². The van der Waals surface area contributed by atoms with Crippen molar-refractivity contribution in [3.05, 3.63) is 106 Å². The Morgan fingerprint density at radius 3 is 2.35 bits per heavy atom. The number of halogens is 1. The monoisotopic (exact) mass is 645 g/mol. The molecule has 8 rings (SSSR count). The second-order valence-corrected chi connectivity index (χ2v) is 11.9. The number of fused-ring (bicyclic) bond motifs is 2. The number of piperazine rings is 1. The van der Waals surface area contributed by atoms with Crippen LogP contribution in [0.2, 0.25) is 0 Å². The third kappa shape index (κ3) is 5.62. The number of ether oxygens (including phenoxy) is 1. The standard InChI is InChI=1S/C35H32FN9O3/c36-28-9-8-22(21-30-23-4-1-2-5-26(23)32(46)42-41-30)20-27(28)33(47)43-12-14-44(15-13-43)34-38-31(25-6-3-7-29-24(25)10-11-37-29)39-35(40-34)45-16-18-48-19-17-45/h1-11,20,37H,12-19,21H2,(H,42,46). The van der Waals surface area contributed by atoms with Crippen LogP contribution < -0.4 is 15.4 Å². The van der Waals surface area contributed by atoms with E-state index in [1.807, 2.05) is 42.6 Å². The van der Waals surface area contributed by atoms with Crippen LogP contribution in [0.25, 0.3) is 33.1 Å². The number of anilines is 2. The lowest BCUT2D eigenvalue weighted by Gasteiger charge is -2.35. The summed E-state index contributed by atoms with van der Waals surface area (Å²) >= 11 is 0. The second kappa shape index (κ2) is 12.5. The van der Waals surface area contributed by atoms with Crippen molar-refractivity contribution in [1.29, 1.82) is 0 Å². The highest BCUT2D eigenvalue weighted by Crippen LogP contribution is 2.29. The van der Waals surface area contributed by atoms with Crippen LogP contribution in [0.1, 0.15) is 21.6 Å². The topological polar surface area (TPSA) is 136 Å². The number of amides is 1. The molecule has 2 aliphatic rings. The molecule has 2 fully saturated rings. The molecule has 0 spiro atoms. The van der Waals surface area contributed by atoms with Crippen LogP contribution in [0.15, 0.2) is 77.7 Å². The average Bonchev–Trinajstić information content (AvgIpc) is 3.63. The molecular formula is C35H32FN9O3. The minimum atomic E-state index is -0.582. The van der Waals surface area contributed by atoms with Crippen molar-refractivity contribution < 1.29 is 13.9 Å². The van der Waals surface area contributed by atoms with Gasteiger partial charge >= 0.3 is 0 Å². The Labute approximate surface area is 274 Å². The third-order valence-corrected chi connectivity index (χ3v) is 9.00. The Kier molecular flexibility index (Phi) is 7.73. The van der Waals surface area contributed by atoms with Gasteiger partial charge in [-0.15, -0.1) is 0 Å². The van der Waals surface area contributed by atoms with Crippen molar-refractivity contribution >= 4 is 39.5 Å². The van der Waals surface area contributed by atoms with Gasteiger partial charge in [0.15, 0.2) is 5.82 Å². The number of nitrogens with zero attached hydrogens (tertiary/aromatic N) is 7. The molecule has 3 aromatic carbocycles. The van der Waals surface area contributed by atoms with Gasteiger partial charge in [-0.2, -0.15) is 20.1 Å². The van der Waals surface area contributed by atoms with E-state index in [0.29, 0.717) is 93.3 Å². The predicted molar refractivity (Wildman–Crippen MR) is 180 cm³/mol. The molecule has 0 aliphatic carbocycles. The number of hydrogen-bond donors (Lipinski definition) is 2. The van der Waals surface area contributed by atoms with Gasteiger partial charge < -0.3 is 24.4 Å². The zero-order valence-electron chi connectivity index (χ0n) is 26.0. The molecule has 12 nitrogen and oxygen atoms in total. The van der Waals surface area contributed by atoms with Gasteiger partial charge in [-0.25, -0.2) is 9.49 Å². The summed E-state index contributed by atoms with van der Waals surface area (Å²) in [6.45, 7) is 4.24. The van der Waals surface area contributed by atoms with Crippen LogP contribution in [0, 0.1) is 5.82 Å². The van der Waals surface area contributed by atoms with Crippen molar-refractivity contribution in [3.63, 3.8) is 0 Å². The Morgan fingerprint density at radius 2 is 1.56 bits per heavy atom. The quantitative estimate of drug-likeness (QED) is 0.277. The van der Waals surface area contributed by atoms with Crippen molar-refractivity contribution in [3.8, 4) is 11.4 Å². The maximum Gasteiger partial charge on any atom is 0.272 e. The van der Waals surface area contributed by atoms with E-state index in [4.69, 9.17) is 19.7 Å². The van der Waals surface area contributed by atoms with Gasteiger partial charge in [-0.05, 0) is 35.9 Å². The molecule has 5 heterocycles. The summed E-state index contributed by atoms with van der Waals surface area (Å²) in [4.78, 5) is 49.6. The van der Waals surface area contributed by atoms with E-state index < -0.39 is 5.82 Å². The number of carbonyl (C=O) groups excluding carboxylic acids is 1. The zero-order valence-corrected chi connectivity index (χ0v) is 26.0. The fourth-order valence-electron chi connectivity index (χ4n) is 6.43. The second-order valence-electron chi connectivity index (χ2n) is 11.9. The summed E-state index contributed by atoms with van der Waals surface area (Å²) in [7, 11) is 0. The van der Waals surface area contributed by atoms with Crippen LogP contribution in [0.4, 0.5) is 16.3 Å². The van der Waals surface area contributed by atoms with Crippen LogP contribution >= 0.6 is 0 Å². The predicted octanol–water partition coefficient (Wildman–Crippen LogP) is 3.79. The van der Waals surface area contributed by atoms with Crippen molar-refractivity contribution in [2.75, 3.05) is 62.3 Å². The smallest absolute Gasteiger partial charge is 0.272 e. The Hall–Kier alpha value is -5.69. The lowest BCUT2D eigenvalue weighted by atomic mass is 10.0. The SMILES string of the molecule is O=C(c1cc(Cc2n[nH]c(=O)c3ccccc23)ccc1F)N1CCN(c2nc(-c3cccc4[nH]ccc34)nc(N3CCOCC3)n2)CC1. The molecule has 0 saturated carbocycles. The summed E-state index contributed by atoms with van der Waals surface area (Å²) in [5.74, 6) is 0.746. The molecular weight excluding hydrogens is 613 g/mol. The highest BCUT2D eigenvalue weighted by Gasteiger charge is 2.27. The van der Waals surface area contributed by atoms with Crippen LogP contribution in [0.3, 0.4) is 0 Å². The fraction of sp³-hybridized carbons (Fsp3) is 0.257. The maximum absolute atomic E-state index is 15.1. The summed E-state index contributed by atoms with van der Waals surface area (Å²) in [6.07, 6.45) is 2.23. The molecule has 48 heavy (non-hydrogen) atoms.